The molecule has 13 heavy (non-hydrogen) atoms. The summed E-state index contributed by atoms with van der Waals surface area (Å²) in [6.45, 7) is 7.70. The molecule has 0 amide bonds. The van der Waals surface area contributed by atoms with Crippen molar-refractivity contribution in [2.24, 2.45) is 5.92 Å². The Balaban J connectivity index is 2.05. The molecule has 1 N–H and O–H groups in total. The lowest BCUT2D eigenvalue weighted by molar-refractivity contribution is 0.112. The molecule has 0 saturated carbocycles. The van der Waals surface area contributed by atoms with Gasteiger partial charge in [-0.3, -0.25) is 0 Å². The standard InChI is InChI=1S/C11H23NO/c1-10(2)5-6-11(13)9-12-7-3-4-8-12/h10-11,13H,3-9H2,1-2H3. The molecule has 2 nitrogen and oxygen atoms in total. The molecular weight excluding hydrogens is 162 g/mol. The average molecular weight is 185 g/mol. The summed E-state index contributed by atoms with van der Waals surface area (Å²) in [6.07, 6.45) is 4.65. The van der Waals surface area contributed by atoms with Crippen LogP contribution in [-0.2, 0) is 0 Å². The zero-order valence-electron chi connectivity index (χ0n) is 9.00. The predicted octanol–water partition coefficient (Wildman–Crippen LogP) is 1.88. The third-order valence-corrected chi connectivity index (χ3v) is 2.74. The van der Waals surface area contributed by atoms with Gasteiger partial charge in [-0.05, 0) is 44.7 Å². The number of β-amino-alcohol motifs (C(OH)–C–C–N with tert-alkyl or cyclic N) is 1. The number of likely N-dealkylation sites (tertiary alicyclic amines) is 1. The van der Waals surface area contributed by atoms with Crippen LogP contribution in [0.1, 0.15) is 39.5 Å². The molecular formula is C11H23NO. The SMILES string of the molecule is CC(C)CCC(O)CN1CCCC1. The van der Waals surface area contributed by atoms with E-state index in [9.17, 15) is 5.11 Å². The second-order valence-corrected chi connectivity index (χ2v) is 4.63. The van der Waals surface area contributed by atoms with E-state index in [0.29, 0.717) is 5.92 Å². The Labute approximate surface area is 81.9 Å². The minimum absolute atomic E-state index is 0.0968. The van der Waals surface area contributed by atoms with Crippen LogP contribution in [0, 0.1) is 5.92 Å². The second-order valence-electron chi connectivity index (χ2n) is 4.63. The van der Waals surface area contributed by atoms with E-state index in [-0.39, 0.29) is 6.10 Å². The lowest BCUT2D eigenvalue weighted by Crippen LogP contribution is -2.30. The van der Waals surface area contributed by atoms with Crippen molar-refractivity contribution >= 4 is 0 Å². The van der Waals surface area contributed by atoms with Gasteiger partial charge in [-0.1, -0.05) is 13.8 Å². The highest BCUT2D eigenvalue weighted by Crippen LogP contribution is 2.11. The molecule has 0 aromatic heterocycles. The normalized spacial score (nSPS) is 21.2. The Kier molecular flexibility index (Phi) is 4.74. The summed E-state index contributed by atoms with van der Waals surface area (Å²) in [5.41, 5.74) is 0. The maximum atomic E-state index is 9.72. The first-order chi connectivity index (χ1) is 6.18. The summed E-state index contributed by atoms with van der Waals surface area (Å²) in [6, 6.07) is 0. The van der Waals surface area contributed by atoms with Crippen LogP contribution in [0.3, 0.4) is 0 Å². The molecule has 1 aliphatic heterocycles. The third-order valence-electron chi connectivity index (χ3n) is 2.74. The average Bonchev–Trinajstić information content (AvgIpc) is 2.53. The molecule has 0 aliphatic carbocycles. The first-order valence-electron chi connectivity index (χ1n) is 5.59. The van der Waals surface area contributed by atoms with E-state index in [2.05, 4.69) is 18.7 Å². The number of nitrogens with zero attached hydrogens (tertiary/aromatic N) is 1. The van der Waals surface area contributed by atoms with Crippen LogP contribution in [0.15, 0.2) is 0 Å². The van der Waals surface area contributed by atoms with Crippen LogP contribution in [0.2, 0.25) is 0 Å². The summed E-state index contributed by atoms with van der Waals surface area (Å²) in [4.78, 5) is 2.38. The van der Waals surface area contributed by atoms with Gasteiger partial charge in [0.25, 0.3) is 0 Å². The van der Waals surface area contributed by atoms with E-state index < -0.39 is 0 Å². The van der Waals surface area contributed by atoms with Crippen LogP contribution in [0.4, 0.5) is 0 Å². The Morgan fingerprint density at radius 2 is 1.77 bits per heavy atom. The topological polar surface area (TPSA) is 23.5 Å². The number of aliphatic hydroxyl groups excluding tert-OH is 1. The van der Waals surface area contributed by atoms with E-state index >= 15 is 0 Å². The molecule has 0 radical (unpaired) electrons. The van der Waals surface area contributed by atoms with Crippen LogP contribution in [0.25, 0.3) is 0 Å². The van der Waals surface area contributed by atoms with Crippen molar-refractivity contribution in [3.63, 3.8) is 0 Å². The molecule has 1 heterocycles. The molecule has 1 unspecified atom stereocenters. The van der Waals surface area contributed by atoms with Gasteiger partial charge in [0.1, 0.15) is 0 Å². The largest absolute Gasteiger partial charge is 0.392 e. The van der Waals surface area contributed by atoms with E-state index in [1.165, 1.54) is 25.9 Å². The molecule has 1 fully saturated rings. The lowest BCUT2D eigenvalue weighted by Gasteiger charge is -2.19. The van der Waals surface area contributed by atoms with Crippen molar-refractivity contribution < 1.29 is 5.11 Å². The summed E-state index contributed by atoms with van der Waals surface area (Å²) in [5.74, 6) is 0.716. The molecule has 0 aromatic carbocycles. The van der Waals surface area contributed by atoms with E-state index in [1.807, 2.05) is 0 Å². The van der Waals surface area contributed by atoms with Crippen molar-refractivity contribution in [3.05, 3.63) is 0 Å². The first kappa shape index (κ1) is 11.0. The number of hydrogen-bond donors (Lipinski definition) is 1. The zero-order valence-corrected chi connectivity index (χ0v) is 9.00. The fraction of sp³-hybridized carbons (Fsp3) is 1.00. The molecule has 1 aliphatic rings. The zero-order chi connectivity index (χ0) is 9.68. The van der Waals surface area contributed by atoms with E-state index in [1.54, 1.807) is 0 Å². The van der Waals surface area contributed by atoms with Gasteiger partial charge in [0.05, 0.1) is 6.10 Å². The Morgan fingerprint density at radius 1 is 1.15 bits per heavy atom. The second kappa shape index (κ2) is 5.61. The van der Waals surface area contributed by atoms with Crippen molar-refractivity contribution in [1.82, 2.24) is 4.90 Å². The minimum Gasteiger partial charge on any atom is -0.392 e. The quantitative estimate of drug-likeness (QED) is 0.707. The van der Waals surface area contributed by atoms with Crippen LogP contribution < -0.4 is 0 Å². The number of aliphatic hydroxyl groups is 1. The van der Waals surface area contributed by atoms with Gasteiger partial charge < -0.3 is 10.0 Å². The van der Waals surface area contributed by atoms with Crippen molar-refractivity contribution in [2.75, 3.05) is 19.6 Å². The van der Waals surface area contributed by atoms with E-state index in [4.69, 9.17) is 0 Å². The highest BCUT2D eigenvalue weighted by atomic mass is 16.3. The molecule has 2 heteroatoms. The molecule has 0 aromatic rings. The van der Waals surface area contributed by atoms with Crippen molar-refractivity contribution in [2.45, 2.75) is 45.6 Å². The summed E-state index contributed by atoms with van der Waals surface area (Å²) in [7, 11) is 0. The highest BCUT2D eigenvalue weighted by Gasteiger charge is 2.15. The maximum absolute atomic E-state index is 9.72. The fourth-order valence-electron chi connectivity index (χ4n) is 1.88. The van der Waals surface area contributed by atoms with Crippen LogP contribution >= 0.6 is 0 Å². The van der Waals surface area contributed by atoms with Gasteiger partial charge in [-0.2, -0.15) is 0 Å². The summed E-state index contributed by atoms with van der Waals surface area (Å²) in [5, 5.41) is 9.72. The number of rotatable bonds is 5. The van der Waals surface area contributed by atoms with Crippen molar-refractivity contribution in [1.29, 1.82) is 0 Å². The monoisotopic (exact) mass is 185 g/mol. The fourth-order valence-corrected chi connectivity index (χ4v) is 1.88. The van der Waals surface area contributed by atoms with Gasteiger partial charge in [-0.25, -0.2) is 0 Å². The highest BCUT2D eigenvalue weighted by molar-refractivity contribution is 4.70. The molecule has 0 spiro atoms. The van der Waals surface area contributed by atoms with Gasteiger partial charge in [0.2, 0.25) is 0 Å². The number of hydrogen-bond acceptors (Lipinski definition) is 2. The Bertz CT molecular complexity index is 130. The molecule has 1 saturated heterocycles. The summed E-state index contributed by atoms with van der Waals surface area (Å²) < 4.78 is 0. The minimum atomic E-state index is -0.0968. The molecule has 1 rings (SSSR count). The smallest absolute Gasteiger partial charge is 0.0667 e. The molecule has 78 valence electrons. The van der Waals surface area contributed by atoms with Crippen LogP contribution in [0.5, 0.6) is 0 Å². The predicted molar refractivity (Wildman–Crippen MR) is 55.8 cm³/mol. The van der Waals surface area contributed by atoms with Gasteiger partial charge >= 0.3 is 0 Å². The van der Waals surface area contributed by atoms with Gasteiger partial charge in [0.15, 0.2) is 0 Å². The third kappa shape index (κ3) is 4.63. The maximum Gasteiger partial charge on any atom is 0.0667 e. The van der Waals surface area contributed by atoms with Crippen molar-refractivity contribution in [3.8, 4) is 0 Å². The van der Waals surface area contributed by atoms with Crippen LogP contribution in [-0.4, -0.2) is 35.7 Å². The van der Waals surface area contributed by atoms with E-state index in [0.717, 1.165) is 19.4 Å². The molecule has 1 atom stereocenters. The lowest BCUT2D eigenvalue weighted by atomic mass is 10.0. The Morgan fingerprint density at radius 3 is 2.31 bits per heavy atom. The summed E-state index contributed by atoms with van der Waals surface area (Å²) >= 11 is 0. The first-order valence-corrected chi connectivity index (χ1v) is 5.59. The van der Waals surface area contributed by atoms with Gasteiger partial charge in [0, 0.05) is 6.54 Å². The Hall–Kier alpha value is -0.0800. The molecule has 0 bridgehead atoms. The van der Waals surface area contributed by atoms with Gasteiger partial charge in [-0.15, -0.1) is 0 Å².